The summed E-state index contributed by atoms with van der Waals surface area (Å²) in [4.78, 5) is 27.2. The number of para-hydroxylation sites is 1. The van der Waals surface area contributed by atoms with Crippen LogP contribution in [0.1, 0.15) is 48.7 Å². The van der Waals surface area contributed by atoms with E-state index in [1.54, 1.807) is 0 Å². The first-order valence-electron chi connectivity index (χ1n) is 11.8. The van der Waals surface area contributed by atoms with Gasteiger partial charge in [0.05, 0.1) is 12.1 Å². The number of H-pyrrole nitrogens is 1. The summed E-state index contributed by atoms with van der Waals surface area (Å²) in [6.45, 7) is 6.38. The van der Waals surface area contributed by atoms with Crippen molar-refractivity contribution in [3.63, 3.8) is 0 Å². The summed E-state index contributed by atoms with van der Waals surface area (Å²) in [5.41, 5.74) is 3.28. The molecule has 4 rings (SSSR count). The Labute approximate surface area is 207 Å². The van der Waals surface area contributed by atoms with Crippen LogP contribution < -0.4 is 10.6 Å². The largest absolute Gasteiger partial charge is 0.348 e. The highest BCUT2D eigenvalue weighted by atomic mass is 35.5. The molecule has 1 saturated heterocycles. The SMILES string of the molecule is Cc1ccc2[nH]nc(C(=O)NC(C)CCC3CCN(CC(=O)Nc4ccccc4)CC3)c2c1.Cl. The maximum absolute atomic E-state index is 12.7. The minimum atomic E-state index is -0.126. The number of carbonyl (C=O) groups excluding carboxylic acids is 2. The fraction of sp³-hybridized carbons (Fsp3) is 0.423. The molecule has 1 aliphatic rings. The lowest BCUT2D eigenvalue weighted by atomic mass is 9.91. The zero-order valence-electron chi connectivity index (χ0n) is 19.8. The standard InChI is InChI=1S/C26H33N5O2.ClH/c1-18-8-11-23-22(16-18)25(30-29-23)26(33)27-19(2)9-10-20-12-14-31(15-13-20)17-24(32)28-21-6-4-3-5-7-21;/h3-8,11,16,19-20H,9-10,12-15,17H2,1-2H3,(H,27,33)(H,28,32)(H,29,30);1H. The zero-order chi connectivity index (χ0) is 23.2. The van der Waals surface area contributed by atoms with E-state index in [1.807, 2.05) is 55.5 Å². The number of hydrogen-bond acceptors (Lipinski definition) is 4. The number of anilines is 1. The fourth-order valence-corrected chi connectivity index (χ4v) is 4.51. The smallest absolute Gasteiger partial charge is 0.272 e. The Hall–Kier alpha value is -2.90. The van der Waals surface area contributed by atoms with E-state index in [0.717, 1.165) is 60.9 Å². The van der Waals surface area contributed by atoms with Gasteiger partial charge in [-0.1, -0.05) is 29.8 Å². The van der Waals surface area contributed by atoms with E-state index in [-0.39, 0.29) is 30.3 Å². The molecule has 3 N–H and O–H groups in total. The van der Waals surface area contributed by atoms with Crippen LogP contribution in [-0.2, 0) is 4.79 Å². The Bertz CT molecular complexity index is 1090. The van der Waals surface area contributed by atoms with Gasteiger partial charge in [-0.2, -0.15) is 5.10 Å². The number of amides is 2. The number of benzene rings is 2. The molecule has 1 aromatic heterocycles. The highest BCUT2D eigenvalue weighted by Crippen LogP contribution is 2.23. The fourth-order valence-electron chi connectivity index (χ4n) is 4.51. The van der Waals surface area contributed by atoms with Gasteiger partial charge in [-0.15, -0.1) is 12.4 Å². The van der Waals surface area contributed by atoms with Gasteiger partial charge in [0, 0.05) is 17.1 Å². The van der Waals surface area contributed by atoms with Crippen LogP contribution in [0.25, 0.3) is 10.9 Å². The maximum Gasteiger partial charge on any atom is 0.272 e. The number of fused-ring (bicyclic) bond motifs is 1. The van der Waals surface area contributed by atoms with Crippen molar-refractivity contribution in [3.05, 3.63) is 59.8 Å². The summed E-state index contributed by atoms with van der Waals surface area (Å²) < 4.78 is 0. The molecule has 3 aromatic rings. The second-order valence-electron chi connectivity index (χ2n) is 9.21. The number of rotatable bonds is 8. The average Bonchev–Trinajstić information content (AvgIpc) is 3.22. The number of nitrogens with zero attached hydrogens (tertiary/aromatic N) is 2. The number of aromatic nitrogens is 2. The average molecular weight is 484 g/mol. The van der Waals surface area contributed by atoms with Gasteiger partial charge in [-0.05, 0) is 82.8 Å². The molecule has 2 heterocycles. The quantitative estimate of drug-likeness (QED) is 0.438. The minimum Gasteiger partial charge on any atom is -0.348 e. The van der Waals surface area contributed by atoms with Crippen molar-refractivity contribution in [3.8, 4) is 0 Å². The Morgan fingerprint density at radius 1 is 1.15 bits per heavy atom. The van der Waals surface area contributed by atoms with E-state index in [4.69, 9.17) is 0 Å². The van der Waals surface area contributed by atoms with Gasteiger partial charge in [0.2, 0.25) is 5.91 Å². The van der Waals surface area contributed by atoms with E-state index < -0.39 is 0 Å². The third-order valence-corrected chi connectivity index (χ3v) is 6.45. The number of piperidine rings is 1. The third kappa shape index (κ3) is 6.81. The summed E-state index contributed by atoms with van der Waals surface area (Å²) in [5.74, 6) is 0.544. The van der Waals surface area contributed by atoms with Gasteiger partial charge in [-0.3, -0.25) is 19.6 Å². The van der Waals surface area contributed by atoms with Gasteiger partial charge in [0.15, 0.2) is 5.69 Å². The molecule has 0 bridgehead atoms. The predicted octanol–water partition coefficient (Wildman–Crippen LogP) is 4.54. The number of halogens is 1. The normalized spacial score (nSPS) is 15.5. The first-order valence-corrected chi connectivity index (χ1v) is 11.8. The number of hydrogen-bond donors (Lipinski definition) is 3. The molecule has 1 unspecified atom stereocenters. The molecule has 2 amide bonds. The number of aryl methyl sites for hydroxylation is 1. The molecule has 0 saturated carbocycles. The van der Waals surface area contributed by atoms with Crippen molar-refractivity contribution in [2.24, 2.45) is 5.92 Å². The van der Waals surface area contributed by atoms with E-state index in [1.165, 1.54) is 0 Å². The zero-order valence-corrected chi connectivity index (χ0v) is 20.7. The molecule has 182 valence electrons. The Morgan fingerprint density at radius 3 is 2.62 bits per heavy atom. The lowest BCUT2D eigenvalue weighted by Gasteiger charge is -2.32. The number of nitrogens with one attached hydrogen (secondary N) is 3. The number of carbonyl (C=O) groups is 2. The Balaban J connectivity index is 0.00000324. The molecular formula is C26H34ClN5O2. The minimum absolute atomic E-state index is 0. The van der Waals surface area contributed by atoms with E-state index in [0.29, 0.717) is 18.2 Å². The topological polar surface area (TPSA) is 90.1 Å². The van der Waals surface area contributed by atoms with Crippen LogP contribution >= 0.6 is 12.4 Å². The van der Waals surface area contributed by atoms with Crippen molar-refractivity contribution in [2.45, 2.75) is 45.6 Å². The molecule has 0 aliphatic carbocycles. The van der Waals surface area contributed by atoms with Crippen molar-refractivity contribution in [1.29, 1.82) is 0 Å². The van der Waals surface area contributed by atoms with Crippen LogP contribution in [0.3, 0.4) is 0 Å². The van der Waals surface area contributed by atoms with Gasteiger partial charge in [-0.25, -0.2) is 0 Å². The van der Waals surface area contributed by atoms with Gasteiger partial charge in [0.1, 0.15) is 0 Å². The maximum atomic E-state index is 12.7. The highest BCUT2D eigenvalue weighted by molar-refractivity contribution is 6.04. The van der Waals surface area contributed by atoms with Crippen LogP contribution in [0.2, 0.25) is 0 Å². The number of aromatic amines is 1. The summed E-state index contributed by atoms with van der Waals surface area (Å²) in [5, 5.41) is 14.1. The molecule has 0 radical (unpaired) electrons. The monoisotopic (exact) mass is 483 g/mol. The summed E-state index contributed by atoms with van der Waals surface area (Å²) in [6.07, 6.45) is 4.18. The van der Waals surface area contributed by atoms with Crippen LogP contribution in [0, 0.1) is 12.8 Å². The third-order valence-electron chi connectivity index (χ3n) is 6.45. The van der Waals surface area contributed by atoms with Crippen LogP contribution in [-0.4, -0.2) is 52.6 Å². The molecule has 7 nitrogen and oxygen atoms in total. The van der Waals surface area contributed by atoms with Crippen LogP contribution in [0.15, 0.2) is 48.5 Å². The lowest BCUT2D eigenvalue weighted by Crippen LogP contribution is -2.39. The van der Waals surface area contributed by atoms with Crippen LogP contribution in [0.4, 0.5) is 5.69 Å². The van der Waals surface area contributed by atoms with E-state index in [2.05, 4.69) is 32.7 Å². The summed E-state index contributed by atoms with van der Waals surface area (Å²) >= 11 is 0. The van der Waals surface area contributed by atoms with Crippen molar-refractivity contribution < 1.29 is 9.59 Å². The van der Waals surface area contributed by atoms with Crippen molar-refractivity contribution in [2.75, 3.05) is 25.0 Å². The molecule has 0 spiro atoms. The van der Waals surface area contributed by atoms with Gasteiger partial charge < -0.3 is 10.6 Å². The molecule has 1 aliphatic heterocycles. The Morgan fingerprint density at radius 2 is 1.88 bits per heavy atom. The first kappa shape index (κ1) is 25.7. The van der Waals surface area contributed by atoms with E-state index in [9.17, 15) is 9.59 Å². The van der Waals surface area contributed by atoms with Crippen LogP contribution in [0.5, 0.6) is 0 Å². The van der Waals surface area contributed by atoms with Crippen molar-refractivity contribution >= 4 is 40.8 Å². The first-order chi connectivity index (χ1) is 16.0. The van der Waals surface area contributed by atoms with Gasteiger partial charge in [0.25, 0.3) is 5.91 Å². The molecule has 2 aromatic carbocycles. The summed E-state index contributed by atoms with van der Waals surface area (Å²) in [6, 6.07) is 15.6. The lowest BCUT2D eigenvalue weighted by molar-refractivity contribution is -0.117. The van der Waals surface area contributed by atoms with Gasteiger partial charge >= 0.3 is 0 Å². The second kappa shape index (κ2) is 12.0. The molecule has 1 atom stereocenters. The molecule has 1 fully saturated rings. The molecule has 8 heteroatoms. The number of likely N-dealkylation sites (tertiary alicyclic amines) is 1. The molecule has 34 heavy (non-hydrogen) atoms. The highest BCUT2D eigenvalue weighted by Gasteiger charge is 2.22. The van der Waals surface area contributed by atoms with E-state index >= 15 is 0 Å². The van der Waals surface area contributed by atoms with Crippen molar-refractivity contribution in [1.82, 2.24) is 20.4 Å². The summed E-state index contributed by atoms with van der Waals surface area (Å²) in [7, 11) is 0. The Kier molecular flexibility index (Phi) is 9.07. The molecular weight excluding hydrogens is 450 g/mol. The second-order valence-corrected chi connectivity index (χ2v) is 9.21. The predicted molar refractivity (Wildman–Crippen MR) is 138 cm³/mol.